The molecule has 144 valence electrons. The Bertz CT molecular complexity index is 969. The van der Waals surface area contributed by atoms with Crippen molar-refractivity contribution in [3.05, 3.63) is 64.7 Å². The number of rotatable bonds is 6. The molecule has 0 spiro atoms. The number of nitrogens with zero attached hydrogens (tertiary/aromatic N) is 1. The van der Waals surface area contributed by atoms with Crippen molar-refractivity contribution in [2.45, 2.75) is 24.9 Å². The van der Waals surface area contributed by atoms with Crippen molar-refractivity contribution in [2.75, 3.05) is 13.3 Å². The number of aryl methyl sites for hydroxylation is 1. The Balaban J connectivity index is 1.97. The van der Waals surface area contributed by atoms with Crippen molar-refractivity contribution in [3.8, 4) is 0 Å². The number of primary amides is 1. The van der Waals surface area contributed by atoms with Crippen LogP contribution in [0, 0.1) is 6.92 Å². The van der Waals surface area contributed by atoms with Gasteiger partial charge in [0.25, 0.3) is 0 Å². The first-order valence-electron chi connectivity index (χ1n) is 8.33. The van der Waals surface area contributed by atoms with Crippen molar-refractivity contribution in [1.82, 2.24) is 10.6 Å². The van der Waals surface area contributed by atoms with Crippen molar-refractivity contribution in [3.63, 3.8) is 0 Å². The van der Waals surface area contributed by atoms with Crippen molar-refractivity contribution < 1.29 is 13.2 Å². The van der Waals surface area contributed by atoms with E-state index >= 15 is 0 Å². The van der Waals surface area contributed by atoms with Crippen LogP contribution in [0.3, 0.4) is 0 Å². The van der Waals surface area contributed by atoms with E-state index in [1.807, 2.05) is 12.1 Å². The van der Waals surface area contributed by atoms with Crippen LogP contribution in [0.2, 0.25) is 0 Å². The van der Waals surface area contributed by atoms with Gasteiger partial charge in [0.2, 0.25) is 5.91 Å². The molecule has 8 heteroatoms. The summed E-state index contributed by atoms with van der Waals surface area (Å²) in [5, 5.41) is 6.34. The molecule has 2 aromatic carbocycles. The van der Waals surface area contributed by atoms with Crippen LogP contribution in [0.1, 0.15) is 27.0 Å². The van der Waals surface area contributed by atoms with Gasteiger partial charge < -0.3 is 16.4 Å². The molecular weight excluding hydrogens is 364 g/mol. The number of hydrogen-bond donors (Lipinski definition) is 3. The maximum Gasteiger partial charge on any atom is 0.248 e. The molecule has 0 heterocycles. The predicted molar refractivity (Wildman–Crippen MR) is 106 cm³/mol. The summed E-state index contributed by atoms with van der Waals surface area (Å²) in [6.07, 6.45) is 1.20. The van der Waals surface area contributed by atoms with Gasteiger partial charge in [0.15, 0.2) is 15.8 Å². The highest BCUT2D eigenvalue weighted by molar-refractivity contribution is 7.90. The van der Waals surface area contributed by atoms with Crippen molar-refractivity contribution in [1.29, 1.82) is 0 Å². The van der Waals surface area contributed by atoms with Crippen molar-refractivity contribution in [2.24, 2.45) is 10.7 Å². The van der Waals surface area contributed by atoms with Gasteiger partial charge in [-0.2, -0.15) is 0 Å². The average molecular weight is 388 g/mol. The van der Waals surface area contributed by atoms with Gasteiger partial charge >= 0.3 is 0 Å². The molecule has 7 nitrogen and oxygen atoms in total. The molecular formula is C19H24N4O3S. The lowest BCUT2D eigenvalue weighted by Crippen LogP contribution is -2.36. The molecule has 2 rings (SSSR count). The Kier molecular flexibility index (Phi) is 6.57. The minimum atomic E-state index is -3.22. The van der Waals surface area contributed by atoms with Crippen LogP contribution in [0.5, 0.6) is 0 Å². The molecule has 0 unspecified atom stereocenters. The minimum absolute atomic E-state index is 0.336. The van der Waals surface area contributed by atoms with E-state index in [2.05, 4.69) is 15.6 Å². The number of nitrogens with one attached hydrogen (secondary N) is 2. The first kappa shape index (κ1) is 20.4. The van der Waals surface area contributed by atoms with E-state index in [4.69, 9.17) is 5.73 Å². The highest BCUT2D eigenvalue weighted by Gasteiger charge is 2.11. The third-order valence-corrected chi connectivity index (χ3v) is 5.25. The summed E-state index contributed by atoms with van der Waals surface area (Å²) in [6, 6.07) is 12.3. The zero-order chi connectivity index (χ0) is 20.0. The first-order valence-corrected chi connectivity index (χ1v) is 10.2. The SMILES string of the molecule is CN=C(NCc1cccc(C(N)=O)c1)NCc1ccc(S(C)(=O)=O)c(C)c1. The van der Waals surface area contributed by atoms with Gasteiger partial charge in [-0.1, -0.05) is 24.3 Å². The third kappa shape index (κ3) is 5.82. The quantitative estimate of drug-likeness (QED) is 0.511. The molecule has 0 bridgehead atoms. The van der Waals surface area contributed by atoms with Gasteiger partial charge in [-0.25, -0.2) is 8.42 Å². The lowest BCUT2D eigenvalue weighted by Gasteiger charge is -2.13. The zero-order valence-corrected chi connectivity index (χ0v) is 16.4. The largest absolute Gasteiger partial charge is 0.366 e. The summed E-state index contributed by atoms with van der Waals surface area (Å²) in [5.41, 5.74) is 8.31. The van der Waals surface area contributed by atoms with Gasteiger partial charge in [0, 0.05) is 32.0 Å². The molecule has 0 fully saturated rings. The summed E-state index contributed by atoms with van der Waals surface area (Å²) in [6.45, 7) is 2.75. The Hall–Kier alpha value is -2.87. The fraction of sp³-hybridized carbons (Fsp3) is 0.263. The molecule has 4 N–H and O–H groups in total. The van der Waals surface area contributed by atoms with Gasteiger partial charge in [-0.3, -0.25) is 9.79 Å². The monoisotopic (exact) mass is 388 g/mol. The maximum atomic E-state index is 11.7. The fourth-order valence-electron chi connectivity index (χ4n) is 2.66. The van der Waals surface area contributed by atoms with Gasteiger partial charge in [0.05, 0.1) is 4.90 Å². The van der Waals surface area contributed by atoms with E-state index in [1.165, 1.54) is 6.26 Å². The molecule has 27 heavy (non-hydrogen) atoms. The number of nitrogens with two attached hydrogens (primary N) is 1. The Labute approximate surface area is 159 Å². The fourth-order valence-corrected chi connectivity index (χ4v) is 3.62. The molecule has 0 aliphatic carbocycles. The topological polar surface area (TPSA) is 114 Å². The van der Waals surface area contributed by atoms with Crippen LogP contribution in [0.4, 0.5) is 0 Å². The van der Waals surface area contributed by atoms with Crippen molar-refractivity contribution >= 4 is 21.7 Å². The lowest BCUT2D eigenvalue weighted by atomic mass is 10.1. The number of sulfone groups is 1. The van der Waals surface area contributed by atoms with Crippen LogP contribution in [0.15, 0.2) is 52.4 Å². The normalized spacial score (nSPS) is 11.9. The van der Waals surface area contributed by atoms with E-state index in [9.17, 15) is 13.2 Å². The Morgan fingerprint density at radius 2 is 1.70 bits per heavy atom. The second kappa shape index (κ2) is 8.68. The number of carbonyl (C=O) groups is 1. The van der Waals surface area contributed by atoms with Gasteiger partial charge in [0.1, 0.15) is 0 Å². The molecule has 0 saturated heterocycles. The number of carbonyl (C=O) groups excluding carboxylic acids is 1. The third-order valence-electron chi connectivity index (χ3n) is 3.99. The standard InChI is InChI=1S/C19H24N4O3S/c1-13-9-15(7-8-17(13)27(3,25)26)12-23-19(21-2)22-11-14-5-4-6-16(10-14)18(20)24/h4-10H,11-12H2,1-3H3,(H2,20,24)(H2,21,22,23). The van der Waals surface area contributed by atoms with Crippen LogP contribution in [-0.2, 0) is 22.9 Å². The summed E-state index contributed by atoms with van der Waals surface area (Å²) in [4.78, 5) is 15.7. The summed E-state index contributed by atoms with van der Waals surface area (Å²) >= 11 is 0. The second-order valence-electron chi connectivity index (χ2n) is 6.22. The minimum Gasteiger partial charge on any atom is -0.366 e. The molecule has 1 amide bonds. The average Bonchev–Trinajstić information content (AvgIpc) is 2.61. The predicted octanol–water partition coefficient (Wildman–Crippen LogP) is 1.36. The first-order chi connectivity index (χ1) is 12.7. The molecule has 0 aliphatic heterocycles. The highest BCUT2D eigenvalue weighted by Crippen LogP contribution is 2.16. The number of hydrogen-bond acceptors (Lipinski definition) is 4. The lowest BCUT2D eigenvalue weighted by molar-refractivity contribution is 0.1000. The van der Waals surface area contributed by atoms with Gasteiger partial charge in [-0.05, 0) is 41.8 Å². The van der Waals surface area contributed by atoms with E-state index < -0.39 is 15.7 Å². The molecule has 0 saturated carbocycles. The molecule has 2 aromatic rings. The summed E-state index contributed by atoms with van der Waals surface area (Å²) < 4.78 is 23.4. The van der Waals surface area contributed by atoms with E-state index in [0.29, 0.717) is 35.1 Å². The van der Waals surface area contributed by atoms with Crippen LogP contribution >= 0.6 is 0 Å². The van der Waals surface area contributed by atoms with E-state index in [0.717, 1.165) is 11.1 Å². The smallest absolute Gasteiger partial charge is 0.248 e. The van der Waals surface area contributed by atoms with E-state index in [1.54, 1.807) is 44.3 Å². The molecule has 0 aromatic heterocycles. The number of guanidine groups is 1. The van der Waals surface area contributed by atoms with Crippen LogP contribution in [-0.4, -0.2) is 33.6 Å². The van der Waals surface area contributed by atoms with E-state index in [-0.39, 0.29) is 0 Å². The van der Waals surface area contributed by atoms with Gasteiger partial charge in [-0.15, -0.1) is 0 Å². The molecule has 0 atom stereocenters. The summed E-state index contributed by atoms with van der Waals surface area (Å²) in [7, 11) is -1.56. The second-order valence-corrected chi connectivity index (χ2v) is 8.20. The highest BCUT2D eigenvalue weighted by atomic mass is 32.2. The molecule has 0 aliphatic rings. The number of benzene rings is 2. The number of amides is 1. The molecule has 0 radical (unpaired) electrons. The zero-order valence-electron chi connectivity index (χ0n) is 15.6. The Morgan fingerprint density at radius 1 is 1.07 bits per heavy atom. The summed E-state index contributed by atoms with van der Waals surface area (Å²) in [5.74, 6) is 0.122. The maximum absolute atomic E-state index is 11.7. The van der Waals surface area contributed by atoms with Crippen LogP contribution in [0.25, 0.3) is 0 Å². The Morgan fingerprint density at radius 3 is 2.22 bits per heavy atom. The van der Waals surface area contributed by atoms with Crippen LogP contribution < -0.4 is 16.4 Å². The number of aliphatic imine (C=N–C) groups is 1.